The Kier molecular flexibility index (Phi) is 7.61. The van der Waals surface area contributed by atoms with Crippen molar-refractivity contribution in [2.24, 2.45) is 5.14 Å². The first kappa shape index (κ1) is 18.4. The number of rotatable bonds is 9. The zero-order chi connectivity index (χ0) is 15.9. The molecule has 0 saturated heterocycles. The molecule has 0 saturated carbocycles. The minimum atomic E-state index is -3.85. The van der Waals surface area contributed by atoms with Gasteiger partial charge in [0.2, 0.25) is 10.0 Å². The lowest BCUT2D eigenvalue weighted by Gasteiger charge is -2.13. The van der Waals surface area contributed by atoms with E-state index in [1.165, 1.54) is 6.07 Å². The molecule has 0 aliphatic rings. The lowest BCUT2D eigenvalue weighted by Crippen LogP contribution is -2.16. The maximum Gasteiger partial charge on any atom is 0.241 e. The molecule has 0 radical (unpaired) electrons. The van der Waals surface area contributed by atoms with Crippen LogP contribution < -0.4 is 9.88 Å². The Labute approximate surface area is 133 Å². The molecule has 21 heavy (non-hydrogen) atoms. The van der Waals surface area contributed by atoms with Crippen molar-refractivity contribution < 1.29 is 22.6 Å². The van der Waals surface area contributed by atoms with Gasteiger partial charge in [-0.25, -0.2) is 13.6 Å². The van der Waals surface area contributed by atoms with Crippen LogP contribution in [0.2, 0.25) is 0 Å². The maximum atomic E-state index is 11.6. The van der Waals surface area contributed by atoms with E-state index < -0.39 is 10.0 Å². The molecule has 1 aromatic rings. The number of methoxy groups -OCH3 is 1. The maximum absolute atomic E-state index is 11.6. The number of sulfonamides is 1. The zero-order valence-corrected chi connectivity index (χ0v) is 14.5. The number of benzene rings is 1. The molecule has 0 bridgehead atoms. The molecule has 0 spiro atoms. The number of aryl methyl sites for hydroxylation is 1. The predicted molar refractivity (Wildman–Crippen MR) is 83.1 cm³/mol. The van der Waals surface area contributed by atoms with Gasteiger partial charge in [0, 0.05) is 24.8 Å². The monoisotopic (exact) mass is 381 g/mol. The average molecular weight is 382 g/mol. The second-order valence-electron chi connectivity index (χ2n) is 4.40. The van der Waals surface area contributed by atoms with Gasteiger partial charge in [-0.3, -0.25) is 0 Å². The van der Waals surface area contributed by atoms with Gasteiger partial charge in [-0.15, -0.1) is 0 Å². The van der Waals surface area contributed by atoms with Crippen molar-refractivity contribution >= 4 is 26.0 Å². The number of ether oxygens (including phenoxy) is 3. The van der Waals surface area contributed by atoms with E-state index in [2.05, 4.69) is 15.9 Å². The molecule has 6 nitrogen and oxygen atoms in total. The second-order valence-corrected chi connectivity index (χ2v) is 6.85. The number of hydrogen-bond acceptors (Lipinski definition) is 5. The SMILES string of the molecule is COCCCOCCOc1c(C)cc(Br)cc1S(N)(=O)=O. The summed E-state index contributed by atoms with van der Waals surface area (Å²) in [4.78, 5) is -0.0336. The largest absolute Gasteiger partial charge is 0.489 e. The Balaban J connectivity index is 2.63. The molecule has 0 heterocycles. The van der Waals surface area contributed by atoms with E-state index in [1.54, 1.807) is 20.1 Å². The van der Waals surface area contributed by atoms with Crippen molar-refractivity contribution in [1.82, 2.24) is 0 Å². The molecular formula is C13H20BrNO5S. The van der Waals surface area contributed by atoms with E-state index in [9.17, 15) is 8.42 Å². The summed E-state index contributed by atoms with van der Waals surface area (Å²) in [6.07, 6.45) is 0.802. The highest BCUT2D eigenvalue weighted by atomic mass is 79.9. The normalized spacial score (nSPS) is 11.6. The van der Waals surface area contributed by atoms with Crippen LogP contribution >= 0.6 is 15.9 Å². The third-order valence-electron chi connectivity index (χ3n) is 2.62. The molecule has 0 aromatic heterocycles. The van der Waals surface area contributed by atoms with Crippen LogP contribution in [0, 0.1) is 6.92 Å². The first-order valence-corrected chi connectivity index (χ1v) is 8.72. The van der Waals surface area contributed by atoms with E-state index in [4.69, 9.17) is 19.3 Å². The molecule has 0 aliphatic heterocycles. The summed E-state index contributed by atoms with van der Waals surface area (Å²) in [6.45, 7) is 3.58. The number of nitrogens with two attached hydrogens (primary N) is 1. The van der Waals surface area contributed by atoms with E-state index in [-0.39, 0.29) is 17.3 Å². The van der Waals surface area contributed by atoms with Gasteiger partial charge >= 0.3 is 0 Å². The minimum absolute atomic E-state index is 0.0336. The molecule has 0 aliphatic carbocycles. The van der Waals surface area contributed by atoms with E-state index in [1.807, 2.05) is 0 Å². The Morgan fingerprint density at radius 1 is 1.19 bits per heavy atom. The fraction of sp³-hybridized carbons (Fsp3) is 0.538. The smallest absolute Gasteiger partial charge is 0.241 e. The topological polar surface area (TPSA) is 87.8 Å². The van der Waals surface area contributed by atoms with Crippen LogP contribution in [-0.2, 0) is 19.5 Å². The van der Waals surface area contributed by atoms with Gasteiger partial charge in [-0.2, -0.15) is 0 Å². The van der Waals surface area contributed by atoms with Crippen molar-refractivity contribution in [1.29, 1.82) is 0 Å². The Bertz CT molecular complexity index is 562. The van der Waals surface area contributed by atoms with Crippen LogP contribution in [0.15, 0.2) is 21.5 Å². The first-order valence-electron chi connectivity index (χ1n) is 6.38. The predicted octanol–water partition coefficient (Wildman–Crippen LogP) is 1.84. The van der Waals surface area contributed by atoms with Crippen LogP contribution in [0.5, 0.6) is 5.75 Å². The molecule has 0 atom stereocenters. The van der Waals surface area contributed by atoms with Gasteiger partial charge in [-0.05, 0) is 31.0 Å². The van der Waals surface area contributed by atoms with Gasteiger partial charge < -0.3 is 14.2 Å². The van der Waals surface area contributed by atoms with Gasteiger partial charge in [0.25, 0.3) is 0 Å². The molecule has 0 fully saturated rings. The second kappa shape index (κ2) is 8.70. The molecule has 1 aromatic carbocycles. The summed E-state index contributed by atoms with van der Waals surface area (Å²) in [5.74, 6) is 0.265. The van der Waals surface area contributed by atoms with Crippen LogP contribution in [0.1, 0.15) is 12.0 Å². The number of hydrogen-bond donors (Lipinski definition) is 1. The standard InChI is InChI=1S/C13H20BrNO5S/c1-10-8-11(14)9-12(21(15,16)17)13(10)20-7-6-19-5-3-4-18-2/h8-9H,3-7H2,1-2H3,(H2,15,16,17). The third-order valence-corrected chi connectivity index (χ3v) is 4.00. The molecule has 8 heteroatoms. The molecule has 1 rings (SSSR count). The number of halogens is 1. The average Bonchev–Trinajstić information content (AvgIpc) is 2.38. The summed E-state index contributed by atoms with van der Waals surface area (Å²) in [7, 11) is -2.21. The van der Waals surface area contributed by atoms with E-state index in [0.717, 1.165) is 6.42 Å². The fourth-order valence-electron chi connectivity index (χ4n) is 1.71. The van der Waals surface area contributed by atoms with Gasteiger partial charge in [-0.1, -0.05) is 15.9 Å². The Morgan fingerprint density at radius 3 is 2.52 bits per heavy atom. The van der Waals surface area contributed by atoms with Crippen LogP contribution in [0.3, 0.4) is 0 Å². The minimum Gasteiger partial charge on any atom is -0.489 e. The van der Waals surface area contributed by atoms with E-state index >= 15 is 0 Å². The Hall–Kier alpha value is -0.670. The zero-order valence-electron chi connectivity index (χ0n) is 12.1. The highest BCUT2D eigenvalue weighted by Crippen LogP contribution is 2.30. The van der Waals surface area contributed by atoms with Crippen LogP contribution in [-0.4, -0.2) is 42.0 Å². The first-order chi connectivity index (χ1) is 9.86. The summed E-state index contributed by atoms with van der Waals surface area (Å²) in [5, 5.41) is 5.21. The summed E-state index contributed by atoms with van der Waals surface area (Å²) in [5.41, 5.74) is 0.688. The lowest BCUT2D eigenvalue weighted by atomic mass is 10.2. The van der Waals surface area contributed by atoms with Gasteiger partial charge in [0.15, 0.2) is 0 Å². The quantitative estimate of drug-likeness (QED) is 0.659. The fourth-order valence-corrected chi connectivity index (χ4v) is 3.20. The van der Waals surface area contributed by atoms with Crippen molar-refractivity contribution in [3.05, 3.63) is 22.2 Å². The van der Waals surface area contributed by atoms with Crippen molar-refractivity contribution in [2.75, 3.05) is 33.5 Å². The lowest BCUT2D eigenvalue weighted by molar-refractivity contribution is 0.0798. The molecule has 2 N–H and O–H groups in total. The highest BCUT2D eigenvalue weighted by Gasteiger charge is 2.18. The molecular weight excluding hydrogens is 362 g/mol. The summed E-state index contributed by atoms with van der Waals surface area (Å²) >= 11 is 3.24. The van der Waals surface area contributed by atoms with Gasteiger partial charge in [0.05, 0.1) is 6.61 Å². The Morgan fingerprint density at radius 2 is 1.90 bits per heavy atom. The van der Waals surface area contributed by atoms with E-state index in [0.29, 0.717) is 29.9 Å². The third kappa shape index (κ3) is 6.31. The van der Waals surface area contributed by atoms with Crippen molar-refractivity contribution in [3.8, 4) is 5.75 Å². The highest BCUT2D eigenvalue weighted by molar-refractivity contribution is 9.10. The summed E-state index contributed by atoms with van der Waals surface area (Å²) in [6, 6.07) is 3.20. The number of primary sulfonamides is 1. The van der Waals surface area contributed by atoms with Crippen LogP contribution in [0.4, 0.5) is 0 Å². The van der Waals surface area contributed by atoms with Crippen molar-refractivity contribution in [3.63, 3.8) is 0 Å². The molecule has 120 valence electrons. The summed E-state index contributed by atoms with van der Waals surface area (Å²) < 4.78 is 39.6. The van der Waals surface area contributed by atoms with Gasteiger partial charge in [0.1, 0.15) is 17.3 Å². The van der Waals surface area contributed by atoms with Crippen molar-refractivity contribution in [2.45, 2.75) is 18.2 Å². The molecule has 0 unspecified atom stereocenters. The molecule has 0 amide bonds. The van der Waals surface area contributed by atoms with Crippen LogP contribution in [0.25, 0.3) is 0 Å².